The Bertz CT molecular complexity index is 814. The van der Waals surface area contributed by atoms with E-state index < -0.39 is 9.84 Å². The molecule has 3 nitrogen and oxygen atoms in total. The molecule has 0 saturated heterocycles. The number of hydrogen-bond donors (Lipinski definition) is 0. The van der Waals surface area contributed by atoms with E-state index in [1.54, 1.807) is 36.4 Å². The summed E-state index contributed by atoms with van der Waals surface area (Å²) in [5.41, 5.74) is 1.57. The Morgan fingerprint density at radius 2 is 1.67 bits per heavy atom. The molecule has 2 rings (SSSR count). The lowest BCUT2D eigenvalue weighted by atomic mass is 10.2. The molecule has 2 aromatic carbocycles. The first-order valence-corrected chi connectivity index (χ1v) is 7.96. The van der Waals surface area contributed by atoms with Gasteiger partial charge in [-0.3, -0.25) is 0 Å². The molecule has 0 spiro atoms. The van der Waals surface area contributed by atoms with Crippen molar-refractivity contribution in [2.75, 3.05) is 0 Å². The van der Waals surface area contributed by atoms with Crippen molar-refractivity contribution in [2.24, 2.45) is 0 Å². The second-order valence-electron chi connectivity index (χ2n) is 4.46. The highest BCUT2D eigenvalue weighted by Gasteiger charge is 2.21. The summed E-state index contributed by atoms with van der Waals surface area (Å²) in [6, 6.07) is 13.0. The predicted molar refractivity (Wildman–Crippen MR) is 84.4 cm³/mol. The van der Waals surface area contributed by atoms with Gasteiger partial charge in [0.1, 0.15) is 0 Å². The summed E-state index contributed by atoms with van der Waals surface area (Å²) >= 11 is 5.78. The van der Waals surface area contributed by atoms with E-state index >= 15 is 0 Å². The molecule has 2 aromatic rings. The van der Waals surface area contributed by atoms with Crippen LogP contribution in [0.2, 0.25) is 5.02 Å². The van der Waals surface area contributed by atoms with Crippen molar-refractivity contribution in [1.29, 1.82) is 0 Å². The highest BCUT2D eigenvalue weighted by Crippen LogP contribution is 2.23. The van der Waals surface area contributed by atoms with Gasteiger partial charge in [0.2, 0.25) is 9.84 Å². The first-order valence-electron chi connectivity index (χ1n) is 6.10. The predicted octanol–water partition coefficient (Wildman–Crippen LogP) is 4.34. The minimum absolute atomic E-state index is 0.115. The molecule has 106 valence electrons. The maximum Gasteiger partial charge on any atom is 0.283 e. The molecule has 0 bridgehead atoms. The highest BCUT2D eigenvalue weighted by atomic mass is 35.5. The molecular formula is C16H12ClNO2S. The Labute approximate surface area is 129 Å². The van der Waals surface area contributed by atoms with Gasteiger partial charge in [-0.25, -0.2) is 13.3 Å². The lowest BCUT2D eigenvalue weighted by molar-refractivity contribution is 0.603. The van der Waals surface area contributed by atoms with E-state index in [0.717, 1.165) is 5.56 Å². The third kappa shape index (κ3) is 3.52. The van der Waals surface area contributed by atoms with Crippen molar-refractivity contribution in [3.63, 3.8) is 0 Å². The molecule has 0 aromatic heterocycles. The van der Waals surface area contributed by atoms with Gasteiger partial charge in [0.05, 0.1) is 11.5 Å². The Hall–Kier alpha value is -2.09. The van der Waals surface area contributed by atoms with Gasteiger partial charge in [0, 0.05) is 5.02 Å². The number of aryl methyl sites for hydroxylation is 1. The van der Waals surface area contributed by atoms with Gasteiger partial charge in [-0.2, -0.15) is 0 Å². The summed E-state index contributed by atoms with van der Waals surface area (Å²) in [7, 11) is -3.80. The van der Waals surface area contributed by atoms with Gasteiger partial charge in [-0.15, -0.1) is 0 Å². The molecule has 0 atom stereocenters. The van der Waals surface area contributed by atoms with Gasteiger partial charge in [0.15, 0.2) is 0 Å². The molecular weight excluding hydrogens is 306 g/mol. The maximum absolute atomic E-state index is 12.4. The van der Waals surface area contributed by atoms with Crippen LogP contribution in [0, 0.1) is 13.5 Å². The van der Waals surface area contributed by atoms with E-state index in [4.69, 9.17) is 18.2 Å². The molecule has 0 radical (unpaired) electrons. The van der Waals surface area contributed by atoms with Gasteiger partial charge in [0.25, 0.3) is 5.03 Å². The summed E-state index contributed by atoms with van der Waals surface area (Å²) in [5, 5.41) is 0.242. The molecule has 21 heavy (non-hydrogen) atoms. The van der Waals surface area contributed by atoms with Crippen LogP contribution in [0.15, 0.2) is 58.5 Å². The average molecular weight is 318 g/mol. The lowest BCUT2D eigenvalue weighted by Gasteiger charge is -2.03. The normalized spacial score (nSPS) is 12.0. The van der Waals surface area contributed by atoms with E-state index in [1.165, 1.54) is 18.2 Å². The minimum Gasteiger partial charge on any atom is -0.230 e. The van der Waals surface area contributed by atoms with Crippen LogP contribution in [-0.4, -0.2) is 8.42 Å². The van der Waals surface area contributed by atoms with E-state index in [0.29, 0.717) is 10.6 Å². The zero-order chi connectivity index (χ0) is 15.5. The molecule has 5 heteroatoms. The fraction of sp³-hybridized carbons (Fsp3) is 0.0625. The smallest absolute Gasteiger partial charge is 0.230 e. The molecule has 0 fully saturated rings. The molecule has 0 aliphatic rings. The molecule has 0 aliphatic heterocycles. The number of halogens is 1. The Morgan fingerprint density at radius 3 is 2.19 bits per heavy atom. The van der Waals surface area contributed by atoms with Crippen LogP contribution in [0.1, 0.15) is 11.1 Å². The topological polar surface area (TPSA) is 38.5 Å². The van der Waals surface area contributed by atoms with Crippen molar-refractivity contribution in [2.45, 2.75) is 11.8 Å². The number of nitrogens with zero attached hydrogens (tertiary/aromatic N) is 1. The first kappa shape index (κ1) is 15.3. The standard InChI is InChI=1S/C16H12ClNO2S/c1-12-3-9-15(10-4-12)21(19,20)16(18-2)11-13-5-7-14(17)8-6-13/h3-11H,1H3. The summed E-state index contributed by atoms with van der Waals surface area (Å²) in [6.45, 7) is 9.02. The number of benzene rings is 2. The van der Waals surface area contributed by atoms with Crippen molar-refractivity contribution in [3.05, 3.63) is 81.1 Å². The zero-order valence-electron chi connectivity index (χ0n) is 11.2. The Balaban J connectivity index is 2.47. The third-order valence-electron chi connectivity index (χ3n) is 2.88. The number of sulfone groups is 1. The van der Waals surface area contributed by atoms with Crippen LogP contribution in [0.5, 0.6) is 0 Å². The largest absolute Gasteiger partial charge is 0.283 e. The monoisotopic (exact) mass is 317 g/mol. The minimum atomic E-state index is -3.80. The fourth-order valence-corrected chi connectivity index (χ4v) is 2.98. The Morgan fingerprint density at radius 1 is 1.10 bits per heavy atom. The highest BCUT2D eigenvalue weighted by molar-refractivity contribution is 7.95. The zero-order valence-corrected chi connectivity index (χ0v) is 12.8. The van der Waals surface area contributed by atoms with Crippen molar-refractivity contribution in [3.8, 4) is 0 Å². The molecule has 0 amide bonds. The van der Waals surface area contributed by atoms with Crippen LogP contribution < -0.4 is 0 Å². The summed E-state index contributed by atoms with van der Waals surface area (Å²) in [4.78, 5) is 3.28. The van der Waals surface area contributed by atoms with Crippen LogP contribution >= 0.6 is 11.6 Å². The van der Waals surface area contributed by atoms with Gasteiger partial charge < -0.3 is 0 Å². The third-order valence-corrected chi connectivity index (χ3v) is 4.78. The van der Waals surface area contributed by atoms with Gasteiger partial charge in [-0.05, 0) is 42.8 Å². The SMILES string of the molecule is [C-]#[N+]C(=Cc1ccc(Cl)cc1)S(=O)(=O)c1ccc(C)cc1. The number of rotatable bonds is 3. The van der Waals surface area contributed by atoms with Crippen LogP contribution in [0.25, 0.3) is 10.9 Å². The van der Waals surface area contributed by atoms with Crippen LogP contribution in [-0.2, 0) is 9.84 Å². The summed E-state index contributed by atoms with van der Waals surface area (Å²) < 4.78 is 24.9. The van der Waals surface area contributed by atoms with E-state index in [2.05, 4.69) is 4.85 Å². The second kappa shape index (κ2) is 6.13. The average Bonchev–Trinajstić information content (AvgIpc) is 2.47. The van der Waals surface area contributed by atoms with Gasteiger partial charge >= 0.3 is 0 Å². The fourth-order valence-electron chi connectivity index (χ4n) is 1.71. The summed E-state index contributed by atoms with van der Waals surface area (Å²) in [5.74, 6) is 0. The van der Waals surface area contributed by atoms with E-state index in [1.807, 2.05) is 6.92 Å². The lowest BCUT2D eigenvalue weighted by Crippen LogP contribution is -2.02. The van der Waals surface area contributed by atoms with Gasteiger partial charge in [-0.1, -0.05) is 41.4 Å². The molecule has 0 unspecified atom stereocenters. The molecule has 0 N–H and O–H groups in total. The maximum atomic E-state index is 12.4. The summed E-state index contributed by atoms with van der Waals surface area (Å²) in [6.07, 6.45) is 1.35. The van der Waals surface area contributed by atoms with Crippen LogP contribution in [0.4, 0.5) is 0 Å². The quantitative estimate of drug-likeness (QED) is 0.790. The van der Waals surface area contributed by atoms with E-state index in [-0.39, 0.29) is 9.92 Å². The molecule has 0 saturated carbocycles. The van der Waals surface area contributed by atoms with E-state index in [9.17, 15) is 8.42 Å². The van der Waals surface area contributed by atoms with Crippen molar-refractivity contribution >= 4 is 27.5 Å². The van der Waals surface area contributed by atoms with Crippen LogP contribution in [0.3, 0.4) is 0 Å². The second-order valence-corrected chi connectivity index (χ2v) is 6.80. The Kier molecular flexibility index (Phi) is 4.46. The molecule has 0 aliphatic carbocycles. The number of hydrogen-bond acceptors (Lipinski definition) is 2. The molecule has 0 heterocycles. The van der Waals surface area contributed by atoms with Crippen molar-refractivity contribution < 1.29 is 8.42 Å². The van der Waals surface area contributed by atoms with Crippen molar-refractivity contribution in [1.82, 2.24) is 0 Å². The first-order chi connectivity index (χ1) is 9.93.